The molecule has 0 radical (unpaired) electrons. The van der Waals surface area contributed by atoms with Gasteiger partial charge in [0.25, 0.3) is 0 Å². The maximum Gasteiger partial charge on any atom is 0.304 e. The molecule has 1 aromatic heterocycles. The molecule has 0 saturated carbocycles. The molecule has 2 N–H and O–H groups in total. The lowest BCUT2D eigenvalue weighted by molar-refractivity contribution is -0.136. The minimum absolute atomic E-state index is 0.127. The summed E-state index contributed by atoms with van der Waals surface area (Å²) in [5.41, 5.74) is 2.01. The van der Waals surface area contributed by atoms with E-state index in [1.54, 1.807) is 6.20 Å². The number of rotatable bonds is 5. The molecule has 0 atom stereocenters. The monoisotopic (exact) mass is 308 g/mol. The van der Waals surface area contributed by atoms with Gasteiger partial charge < -0.3 is 10.4 Å². The molecule has 5 heteroatoms. The first kappa shape index (κ1) is 13.0. The molecule has 0 fully saturated rings. The molecule has 0 bridgehead atoms. The molecule has 1 heterocycles. The van der Waals surface area contributed by atoms with E-state index < -0.39 is 5.97 Å². The molecule has 0 unspecified atom stereocenters. The summed E-state index contributed by atoms with van der Waals surface area (Å²) >= 11 is 3.49. The van der Waals surface area contributed by atoms with Gasteiger partial charge in [-0.1, -0.05) is 28.1 Å². The van der Waals surface area contributed by atoms with Crippen molar-refractivity contribution in [2.45, 2.75) is 13.0 Å². The van der Waals surface area contributed by atoms with Crippen molar-refractivity contribution in [3.05, 3.63) is 40.5 Å². The predicted molar refractivity (Wildman–Crippen MR) is 73.4 cm³/mol. The summed E-state index contributed by atoms with van der Waals surface area (Å²) in [6.45, 7) is 1.08. The Kier molecular flexibility index (Phi) is 4.28. The van der Waals surface area contributed by atoms with Crippen LogP contribution in [-0.4, -0.2) is 22.6 Å². The van der Waals surface area contributed by atoms with Crippen molar-refractivity contribution in [2.75, 3.05) is 6.54 Å². The number of nitrogens with one attached hydrogen (secondary N) is 1. The Bertz CT molecular complexity index is 572. The number of aliphatic carboxylic acids is 1. The number of carboxylic acid groups (broad SMARTS) is 1. The quantitative estimate of drug-likeness (QED) is 0.833. The van der Waals surface area contributed by atoms with Gasteiger partial charge in [0.15, 0.2) is 0 Å². The molecule has 94 valence electrons. The van der Waals surface area contributed by atoms with E-state index in [2.05, 4.69) is 26.2 Å². The van der Waals surface area contributed by atoms with Gasteiger partial charge in [0.05, 0.1) is 11.9 Å². The number of hydrogen-bond acceptors (Lipinski definition) is 3. The van der Waals surface area contributed by atoms with Crippen molar-refractivity contribution in [3.63, 3.8) is 0 Å². The Morgan fingerprint density at radius 3 is 3.00 bits per heavy atom. The highest BCUT2D eigenvalue weighted by Crippen LogP contribution is 2.24. The largest absolute Gasteiger partial charge is 0.481 e. The van der Waals surface area contributed by atoms with Crippen LogP contribution in [0.4, 0.5) is 0 Å². The molecule has 0 spiro atoms. The van der Waals surface area contributed by atoms with Crippen molar-refractivity contribution in [3.8, 4) is 0 Å². The van der Waals surface area contributed by atoms with E-state index in [1.807, 2.05) is 24.3 Å². The first-order chi connectivity index (χ1) is 8.68. The number of benzene rings is 1. The van der Waals surface area contributed by atoms with Crippen LogP contribution in [0.25, 0.3) is 10.9 Å². The number of aromatic nitrogens is 1. The van der Waals surface area contributed by atoms with Gasteiger partial charge in [-0.15, -0.1) is 0 Å². The highest BCUT2D eigenvalue weighted by molar-refractivity contribution is 9.10. The number of carboxylic acids is 1. The minimum atomic E-state index is -0.790. The van der Waals surface area contributed by atoms with Crippen molar-refractivity contribution in [1.82, 2.24) is 10.3 Å². The zero-order valence-corrected chi connectivity index (χ0v) is 11.3. The van der Waals surface area contributed by atoms with Gasteiger partial charge in [-0.3, -0.25) is 9.78 Å². The third-order valence-corrected chi connectivity index (χ3v) is 3.32. The van der Waals surface area contributed by atoms with Crippen molar-refractivity contribution in [1.29, 1.82) is 0 Å². The predicted octanol–water partition coefficient (Wildman–Crippen LogP) is 2.56. The average molecular weight is 309 g/mol. The average Bonchev–Trinajstić information content (AvgIpc) is 2.37. The number of nitrogens with zero attached hydrogens (tertiary/aromatic N) is 1. The normalized spacial score (nSPS) is 10.7. The van der Waals surface area contributed by atoms with Gasteiger partial charge >= 0.3 is 5.97 Å². The maximum absolute atomic E-state index is 10.4. The molecule has 0 saturated heterocycles. The molecule has 2 rings (SSSR count). The highest BCUT2D eigenvalue weighted by Gasteiger charge is 2.05. The van der Waals surface area contributed by atoms with Crippen molar-refractivity contribution >= 4 is 32.8 Å². The summed E-state index contributed by atoms with van der Waals surface area (Å²) in [5, 5.41) is 12.7. The molecule has 0 amide bonds. The van der Waals surface area contributed by atoms with E-state index >= 15 is 0 Å². The smallest absolute Gasteiger partial charge is 0.304 e. The van der Waals surface area contributed by atoms with Gasteiger partial charge in [0.1, 0.15) is 0 Å². The van der Waals surface area contributed by atoms with Gasteiger partial charge in [-0.05, 0) is 17.7 Å². The summed E-state index contributed by atoms with van der Waals surface area (Å²) in [7, 11) is 0. The third-order valence-electron chi connectivity index (χ3n) is 2.63. The lowest BCUT2D eigenvalue weighted by Crippen LogP contribution is -2.17. The fourth-order valence-corrected chi connectivity index (χ4v) is 2.21. The van der Waals surface area contributed by atoms with Crippen LogP contribution in [0.5, 0.6) is 0 Å². The Balaban J connectivity index is 2.14. The van der Waals surface area contributed by atoms with Crippen molar-refractivity contribution in [2.24, 2.45) is 0 Å². The number of fused-ring (bicyclic) bond motifs is 1. The second kappa shape index (κ2) is 5.93. The summed E-state index contributed by atoms with van der Waals surface area (Å²) in [6, 6.07) is 7.88. The fourth-order valence-electron chi connectivity index (χ4n) is 1.76. The van der Waals surface area contributed by atoms with E-state index in [9.17, 15) is 4.79 Å². The fraction of sp³-hybridized carbons (Fsp3) is 0.231. The first-order valence-electron chi connectivity index (χ1n) is 5.63. The van der Waals surface area contributed by atoms with Crippen LogP contribution < -0.4 is 5.32 Å². The second-order valence-electron chi connectivity index (χ2n) is 3.93. The van der Waals surface area contributed by atoms with Crippen LogP contribution in [0.15, 0.2) is 34.9 Å². The van der Waals surface area contributed by atoms with Gasteiger partial charge in [0, 0.05) is 29.1 Å². The van der Waals surface area contributed by atoms with Crippen LogP contribution in [0, 0.1) is 0 Å². The zero-order valence-electron chi connectivity index (χ0n) is 9.69. The summed E-state index contributed by atoms with van der Waals surface area (Å²) < 4.78 is 1.01. The number of hydrogen-bond donors (Lipinski definition) is 2. The Morgan fingerprint density at radius 2 is 2.22 bits per heavy atom. The Hall–Kier alpha value is -1.46. The molecule has 18 heavy (non-hydrogen) atoms. The van der Waals surface area contributed by atoms with E-state index in [1.165, 1.54) is 0 Å². The number of halogens is 1. The second-order valence-corrected chi connectivity index (χ2v) is 4.78. The topological polar surface area (TPSA) is 62.2 Å². The van der Waals surface area contributed by atoms with E-state index in [0.29, 0.717) is 13.1 Å². The number of carbonyl (C=O) groups is 1. The molecule has 0 aliphatic rings. The van der Waals surface area contributed by atoms with Crippen LogP contribution in [0.3, 0.4) is 0 Å². The Labute approximate surface area is 113 Å². The first-order valence-corrected chi connectivity index (χ1v) is 6.42. The highest BCUT2D eigenvalue weighted by atomic mass is 79.9. The molecule has 0 aliphatic carbocycles. The van der Waals surface area contributed by atoms with Crippen LogP contribution in [0.2, 0.25) is 0 Å². The third kappa shape index (κ3) is 3.05. The Morgan fingerprint density at radius 1 is 1.39 bits per heavy atom. The van der Waals surface area contributed by atoms with Crippen LogP contribution >= 0.6 is 15.9 Å². The standard InChI is InChI=1S/C13H13BrN2O2/c14-11-4-3-9(8-15-7-5-12(17)18)13-10(11)2-1-6-16-13/h1-4,6,15H,5,7-8H2,(H,17,18). The molecule has 2 aromatic rings. The van der Waals surface area contributed by atoms with Crippen LogP contribution in [0.1, 0.15) is 12.0 Å². The van der Waals surface area contributed by atoms with Gasteiger partial charge in [0.2, 0.25) is 0 Å². The number of pyridine rings is 1. The summed E-state index contributed by atoms with van der Waals surface area (Å²) in [5.74, 6) is -0.790. The SMILES string of the molecule is O=C(O)CCNCc1ccc(Br)c2cccnc12. The van der Waals surface area contributed by atoms with Crippen LogP contribution in [-0.2, 0) is 11.3 Å². The zero-order chi connectivity index (χ0) is 13.0. The molecule has 1 aromatic carbocycles. The van der Waals surface area contributed by atoms with Gasteiger partial charge in [-0.25, -0.2) is 0 Å². The van der Waals surface area contributed by atoms with Gasteiger partial charge in [-0.2, -0.15) is 0 Å². The molecular weight excluding hydrogens is 296 g/mol. The minimum Gasteiger partial charge on any atom is -0.481 e. The van der Waals surface area contributed by atoms with Crippen molar-refractivity contribution < 1.29 is 9.90 Å². The van der Waals surface area contributed by atoms with E-state index in [4.69, 9.17) is 5.11 Å². The lowest BCUT2D eigenvalue weighted by Gasteiger charge is -2.08. The molecule has 0 aliphatic heterocycles. The molecular formula is C13H13BrN2O2. The van der Waals surface area contributed by atoms with E-state index in [0.717, 1.165) is 20.9 Å². The molecule has 4 nitrogen and oxygen atoms in total. The maximum atomic E-state index is 10.4. The van der Waals surface area contributed by atoms with E-state index in [-0.39, 0.29) is 6.42 Å². The summed E-state index contributed by atoms with van der Waals surface area (Å²) in [4.78, 5) is 14.8. The summed E-state index contributed by atoms with van der Waals surface area (Å²) in [6.07, 6.45) is 1.89. The lowest BCUT2D eigenvalue weighted by atomic mass is 10.1.